The first-order chi connectivity index (χ1) is 8.50. The zero-order valence-corrected chi connectivity index (χ0v) is 14.2. The second-order valence-electron chi connectivity index (χ2n) is 4.29. The van der Waals surface area contributed by atoms with Crippen molar-refractivity contribution in [1.29, 1.82) is 0 Å². The quantitative estimate of drug-likeness (QED) is 0.709. The van der Waals surface area contributed by atoms with Crippen LogP contribution in [0.15, 0.2) is 23.9 Å². The molecule has 19 heavy (non-hydrogen) atoms. The monoisotopic (exact) mass is 295 g/mol. The summed E-state index contributed by atoms with van der Waals surface area (Å²) in [5.74, 6) is 0.497. The number of aromatic nitrogens is 2. The van der Waals surface area contributed by atoms with Gasteiger partial charge in [0.05, 0.1) is 0 Å². The first-order valence-electron chi connectivity index (χ1n) is 5.95. The van der Waals surface area contributed by atoms with Gasteiger partial charge in [0.2, 0.25) is 5.95 Å². The van der Waals surface area contributed by atoms with Gasteiger partial charge >= 0.3 is 58.4 Å². The topological polar surface area (TPSA) is 29.0 Å². The molecule has 0 saturated heterocycles. The first-order valence-corrected chi connectivity index (χ1v) is 5.95. The van der Waals surface area contributed by atoms with Crippen LogP contribution in [0.1, 0.15) is 18.9 Å². The van der Waals surface area contributed by atoms with E-state index in [0.29, 0.717) is 12.5 Å². The second-order valence-corrected chi connectivity index (χ2v) is 4.29. The minimum Gasteiger partial charge on any atom is -0.445 e. The van der Waals surface area contributed by atoms with Gasteiger partial charge in [-0.05, 0) is 18.4 Å². The molecule has 0 bridgehead atoms. The third kappa shape index (κ3) is 4.56. The van der Waals surface area contributed by atoms with Crippen LogP contribution in [0.25, 0.3) is 0 Å². The van der Waals surface area contributed by atoms with Crippen LogP contribution in [0.3, 0.4) is 0 Å². The molecule has 0 unspecified atom stereocenters. The Balaban J connectivity index is 0.00000180. The van der Waals surface area contributed by atoms with E-state index in [-0.39, 0.29) is 64.4 Å². The summed E-state index contributed by atoms with van der Waals surface area (Å²) in [7, 11) is 0. The fraction of sp³-hybridized carbons (Fsp3) is 0.455. The average molecular weight is 295 g/mol. The van der Waals surface area contributed by atoms with Crippen molar-refractivity contribution in [3.63, 3.8) is 0 Å². The molecule has 1 aromatic heterocycles. The van der Waals surface area contributed by atoms with Crippen LogP contribution in [0.5, 0.6) is 0 Å². The van der Waals surface area contributed by atoms with E-state index in [1.54, 1.807) is 17.3 Å². The van der Waals surface area contributed by atoms with Gasteiger partial charge in [0, 0.05) is 25.5 Å². The van der Waals surface area contributed by atoms with Crippen LogP contribution < -0.4 is 56.3 Å². The van der Waals surface area contributed by atoms with E-state index < -0.39 is 12.4 Å². The van der Waals surface area contributed by atoms with E-state index in [2.05, 4.69) is 9.97 Å². The standard InChI is InChI=1S/C11H14BF3N3.K/c1-2-9-7-16-11(17-8-9)18-5-3-10(4-6-18)12(13,14)15;/h3,7-8H,2,4-6H2,1H3;/q-1;+1. The van der Waals surface area contributed by atoms with Crippen molar-refractivity contribution in [2.75, 3.05) is 18.0 Å². The summed E-state index contributed by atoms with van der Waals surface area (Å²) in [4.78, 5) is 10.1. The molecule has 2 heterocycles. The molecule has 0 fully saturated rings. The summed E-state index contributed by atoms with van der Waals surface area (Å²) in [6.07, 6.45) is 5.54. The third-order valence-electron chi connectivity index (χ3n) is 3.05. The molecule has 0 atom stereocenters. The van der Waals surface area contributed by atoms with E-state index in [4.69, 9.17) is 0 Å². The van der Waals surface area contributed by atoms with Gasteiger partial charge in [-0.3, -0.25) is 0 Å². The van der Waals surface area contributed by atoms with E-state index in [1.807, 2.05) is 6.92 Å². The van der Waals surface area contributed by atoms with Crippen LogP contribution in [0, 0.1) is 0 Å². The van der Waals surface area contributed by atoms with Crippen LogP contribution in [-0.4, -0.2) is 30.0 Å². The number of halogens is 3. The summed E-state index contributed by atoms with van der Waals surface area (Å²) >= 11 is 0. The van der Waals surface area contributed by atoms with Crippen molar-refractivity contribution >= 4 is 12.9 Å². The molecule has 0 saturated carbocycles. The molecule has 0 aliphatic carbocycles. The number of hydrogen-bond donors (Lipinski definition) is 0. The van der Waals surface area contributed by atoms with E-state index >= 15 is 0 Å². The van der Waals surface area contributed by atoms with Gasteiger partial charge in [-0.1, -0.05) is 13.0 Å². The van der Waals surface area contributed by atoms with Gasteiger partial charge in [-0.2, -0.15) is 0 Å². The average Bonchev–Trinajstić information content (AvgIpc) is 2.38. The minimum absolute atomic E-state index is 0. The van der Waals surface area contributed by atoms with Gasteiger partial charge in [0.15, 0.2) is 0 Å². The molecule has 1 aliphatic heterocycles. The van der Waals surface area contributed by atoms with E-state index in [9.17, 15) is 12.9 Å². The third-order valence-corrected chi connectivity index (χ3v) is 3.05. The number of aryl methyl sites for hydroxylation is 1. The molecule has 8 heteroatoms. The second kappa shape index (κ2) is 7.21. The van der Waals surface area contributed by atoms with Crippen molar-refractivity contribution in [1.82, 2.24) is 9.97 Å². The van der Waals surface area contributed by atoms with Gasteiger partial charge in [-0.15, -0.1) is 5.47 Å². The van der Waals surface area contributed by atoms with E-state index in [1.165, 1.54) is 6.08 Å². The summed E-state index contributed by atoms with van der Waals surface area (Å²) in [5, 5.41) is 0. The first kappa shape index (κ1) is 17.2. The molecule has 0 amide bonds. The Morgan fingerprint density at radius 1 is 1.26 bits per heavy atom. The number of nitrogens with zero attached hydrogens (tertiary/aromatic N) is 3. The predicted octanol–water partition coefficient (Wildman–Crippen LogP) is -0.434. The SMILES string of the molecule is CCc1cnc(N2CC=C([B-](F)(F)F)CC2)nc1.[K+]. The van der Waals surface area contributed by atoms with Gasteiger partial charge in [0.25, 0.3) is 0 Å². The Kier molecular flexibility index (Phi) is 6.52. The Morgan fingerprint density at radius 2 is 1.89 bits per heavy atom. The normalized spacial score (nSPS) is 15.8. The molecule has 1 aromatic rings. The Hall–Kier alpha value is 0.111. The summed E-state index contributed by atoms with van der Waals surface area (Å²) in [5.41, 5.74) is 0.627. The molecule has 0 N–H and O–H groups in total. The largest absolute Gasteiger partial charge is 1.00 e. The van der Waals surface area contributed by atoms with Gasteiger partial charge < -0.3 is 17.8 Å². The predicted molar refractivity (Wildman–Crippen MR) is 65.4 cm³/mol. The summed E-state index contributed by atoms with van der Waals surface area (Å²) < 4.78 is 37.5. The van der Waals surface area contributed by atoms with Crippen molar-refractivity contribution in [2.45, 2.75) is 19.8 Å². The van der Waals surface area contributed by atoms with Crippen molar-refractivity contribution in [3.8, 4) is 0 Å². The van der Waals surface area contributed by atoms with Crippen molar-refractivity contribution in [3.05, 3.63) is 29.5 Å². The molecule has 2 rings (SSSR count). The Bertz CT molecular complexity index is 447. The molecule has 0 aromatic carbocycles. The molecule has 0 spiro atoms. The Labute approximate surface area is 153 Å². The molecular formula is C11H14BF3KN3. The maximum Gasteiger partial charge on any atom is 1.00 e. The van der Waals surface area contributed by atoms with Crippen LogP contribution >= 0.6 is 0 Å². The van der Waals surface area contributed by atoms with E-state index in [0.717, 1.165) is 12.0 Å². The maximum absolute atomic E-state index is 12.5. The number of rotatable bonds is 3. The molecule has 98 valence electrons. The number of hydrogen-bond acceptors (Lipinski definition) is 3. The van der Waals surface area contributed by atoms with Gasteiger partial charge in [0.1, 0.15) is 0 Å². The fourth-order valence-corrected chi connectivity index (χ4v) is 1.86. The molecular weight excluding hydrogens is 281 g/mol. The number of anilines is 1. The van der Waals surface area contributed by atoms with Crippen LogP contribution in [0.4, 0.5) is 18.9 Å². The molecule has 0 radical (unpaired) electrons. The van der Waals surface area contributed by atoms with Crippen molar-refractivity contribution < 1.29 is 64.3 Å². The summed E-state index contributed by atoms with van der Waals surface area (Å²) in [6.45, 7) is -2.30. The molecule has 3 nitrogen and oxygen atoms in total. The van der Waals surface area contributed by atoms with Crippen LogP contribution in [0.2, 0.25) is 0 Å². The van der Waals surface area contributed by atoms with Crippen molar-refractivity contribution in [2.24, 2.45) is 0 Å². The summed E-state index contributed by atoms with van der Waals surface area (Å²) in [6, 6.07) is 0. The maximum atomic E-state index is 12.5. The Morgan fingerprint density at radius 3 is 2.32 bits per heavy atom. The molecule has 1 aliphatic rings. The minimum atomic E-state index is -4.84. The van der Waals surface area contributed by atoms with Crippen LogP contribution in [-0.2, 0) is 6.42 Å². The fourth-order valence-electron chi connectivity index (χ4n) is 1.86. The zero-order valence-electron chi connectivity index (χ0n) is 11.1. The zero-order chi connectivity index (χ0) is 13.2. The smallest absolute Gasteiger partial charge is 0.445 e. The van der Waals surface area contributed by atoms with Gasteiger partial charge in [-0.25, -0.2) is 9.97 Å².